The van der Waals surface area contributed by atoms with Crippen molar-refractivity contribution in [2.24, 2.45) is 5.73 Å². The molecule has 118 valence electrons. The number of hydrogen-bond donors (Lipinski definition) is 3. The molecule has 0 aromatic rings. The Morgan fingerprint density at radius 2 is 1.90 bits per heavy atom. The summed E-state index contributed by atoms with van der Waals surface area (Å²) in [5, 5.41) is 17.9. The zero-order valence-corrected chi connectivity index (χ0v) is 11.9. The van der Waals surface area contributed by atoms with Crippen LogP contribution < -0.4 is 5.73 Å². The van der Waals surface area contributed by atoms with Crippen molar-refractivity contribution in [1.82, 2.24) is 14.7 Å². The number of nitrogens with zero attached hydrogens (tertiary/aromatic N) is 3. The molecule has 1 rings (SSSR count). The second kappa shape index (κ2) is 7.69. The Balaban J connectivity index is 2.98. The van der Waals surface area contributed by atoms with Crippen molar-refractivity contribution < 1.29 is 19.8 Å². The van der Waals surface area contributed by atoms with E-state index in [9.17, 15) is 9.59 Å². The van der Waals surface area contributed by atoms with Crippen LogP contribution in [0.25, 0.3) is 0 Å². The Labute approximate surface area is 125 Å². The van der Waals surface area contributed by atoms with Crippen molar-refractivity contribution in [3.05, 3.63) is 14.1 Å². The van der Waals surface area contributed by atoms with Crippen molar-refractivity contribution in [3.63, 3.8) is 0 Å². The van der Waals surface area contributed by atoms with Crippen LogP contribution in [0, 0.1) is 14.1 Å². The summed E-state index contributed by atoms with van der Waals surface area (Å²) < 4.78 is 0. The van der Waals surface area contributed by atoms with E-state index >= 15 is 0 Å². The summed E-state index contributed by atoms with van der Waals surface area (Å²) in [7, 11) is 11.8. The van der Waals surface area contributed by atoms with Crippen molar-refractivity contribution in [1.29, 1.82) is 0 Å². The fourth-order valence-corrected chi connectivity index (χ4v) is 2.66. The molecule has 21 heavy (non-hydrogen) atoms. The van der Waals surface area contributed by atoms with Gasteiger partial charge in [-0.3, -0.25) is 24.3 Å². The zero-order chi connectivity index (χ0) is 16.0. The van der Waals surface area contributed by atoms with Crippen LogP contribution in [0.3, 0.4) is 0 Å². The van der Waals surface area contributed by atoms with E-state index in [4.69, 9.17) is 30.0 Å². The summed E-state index contributed by atoms with van der Waals surface area (Å²) in [5.41, 5.74) is 4.83. The third-order valence-corrected chi connectivity index (χ3v) is 3.60. The average molecular weight is 298 g/mol. The monoisotopic (exact) mass is 298 g/mol. The van der Waals surface area contributed by atoms with Gasteiger partial charge in [0, 0.05) is 45.8 Å². The van der Waals surface area contributed by atoms with Gasteiger partial charge in [-0.1, -0.05) is 0 Å². The van der Waals surface area contributed by atoms with Gasteiger partial charge in [-0.2, -0.15) is 0 Å². The molecule has 1 aliphatic rings. The Hall–Kier alpha value is -1.22. The highest BCUT2D eigenvalue weighted by atomic mass is 16.4. The maximum absolute atomic E-state index is 10.9. The summed E-state index contributed by atoms with van der Waals surface area (Å²) in [6.45, 7) is 1.34. The molecule has 4 N–H and O–H groups in total. The van der Waals surface area contributed by atoms with E-state index in [-0.39, 0.29) is 13.1 Å². The van der Waals surface area contributed by atoms with E-state index in [0.717, 1.165) is 0 Å². The first-order chi connectivity index (χ1) is 9.79. The molecule has 1 heterocycles. The van der Waals surface area contributed by atoms with Crippen molar-refractivity contribution in [2.75, 3.05) is 45.8 Å². The lowest BCUT2D eigenvalue weighted by molar-refractivity contribution is -0.141. The number of carboxylic acid groups (broad SMARTS) is 2. The third-order valence-electron chi connectivity index (χ3n) is 3.60. The maximum Gasteiger partial charge on any atom is 0.317 e. The summed E-state index contributed by atoms with van der Waals surface area (Å²) >= 11 is 0. The lowest BCUT2D eigenvalue weighted by atomic mass is 9.91. The minimum atomic E-state index is -1.06. The van der Waals surface area contributed by atoms with Crippen LogP contribution in [0.2, 0.25) is 0 Å². The Morgan fingerprint density at radius 3 is 2.43 bits per heavy atom. The predicted molar refractivity (Wildman–Crippen MR) is 75.0 cm³/mol. The van der Waals surface area contributed by atoms with Gasteiger partial charge in [-0.15, -0.1) is 0 Å². The molecule has 0 bridgehead atoms. The quantitative estimate of drug-likeness (QED) is 0.487. The average Bonchev–Trinajstić information content (AvgIpc) is 2.49. The van der Waals surface area contributed by atoms with Gasteiger partial charge >= 0.3 is 11.9 Å². The Morgan fingerprint density at radius 1 is 1.24 bits per heavy atom. The lowest BCUT2D eigenvalue weighted by Crippen LogP contribution is -2.59. The number of carbonyl (C=O) groups is 2. The molecule has 0 aliphatic carbocycles. The Bertz CT molecular complexity index is 379. The SMILES string of the molecule is [CH]N1CCN(CC(=O)O)CC(CCN)(N([CH])CC(=O)O)C1. The van der Waals surface area contributed by atoms with Gasteiger partial charge in [0.2, 0.25) is 0 Å². The molecule has 8 heteroatoms. The molecule has 4 radical (unpaired) electrons. The van der Waals surface area contributed by atoms with E-state index < -0.39 is 17.5 Å². The lowest BCUT2D eigenvalue weighted by Gasteiger charge is -2.43. The van der Waals surface area contributed by atoms with E-state index in [0.29, 0.717) is 39.1 Å². The second-order valence-corrected chi connectivity index (χ2v) is 5.36. The van der Waals surface area contributed by atoms with Gasteiger partial charge in [-0.05, 0) is 13.0 Å². The molecular formula is C13H22N4O4. The first kappa shape index (κ1) is 17.8. The van der Waals surface area contributed by atoms with E-state index in [1.54, 1.807) is 4.90 Å². The Kier molecular flexibility index (Phi) is 6.53. The largest absolute Gasteiger partial charge is 0.480 e. The van der Waals surface area contributed by atoms with Crippen LogP contribution in [0.5, 0.6) is 0 Å². The highest BCUT2D eigenvalue weighted by Crippen LogP contribution is 2.24. The molecule has 0 aromatic carbocycles. The number of carboxylic acids is 2. The molecular weight excluding hydrogens is 276 g/mol. The molecule has 1 aliphatic heterocycles. The van der Waals surface area contributed by atoms with Crippen LogP contribution in [0.15, 0.2) is 0 Å². The molecule has 0 saturated carbocycles. The standard InChI is InChI=1S/C13H22N4O4/c1-15-5-6-17(8-12(20)21)10-13(9-15,3-4-14)16(2)7-11(18)19/h1-2H,3-10,14H2,(H,18,19)(H,20,21). The second-order valence-electron chi connectivity index (χ2n) is 5.36. The predicted octanol–water partition coefficient (Wildman–Crippen LogP) is -1.50. The van der Waals surface area contributed by atoms with Crippen LogP contribution >= 0.6 is 0 Å². The van der Waals surface area contributed by atoms with Gasteiger partial charge in [0.25, 0.3) is 0 Å². The smallest absolute Gasteiger partial charge is 0.317 e. The summed E-state index contributed by atoms with van der Waals surface area (Å²) in [6, 6.07) is 0. The third kappa shape index (κ3) is 5.24. The van der Waals surface area contributed by atoms with Crippen molar-refractivity contribution in [2.45, 2.75) is 12.0 Å². The molecule has 0 amide bonds. The van der Waals surface area contributed by atoms with Gasteiger partial charge in [0.1, 0.15) is 0 Å². The van der Waals surface area contributed by atoms with Gasteiger partial charge in [0.05, 0.1) is 13.1 Å². The van der Waals surface area contributed by atoms with E-state index in [2.05, 4.69) is 0 Å². The van der Waals surface area contributed by atoms with Gasteiger partial charge in [0.15, 0.2) is 0 Å². The highest BCUT2D eigenvalue weighted by molar-refractivity contribution is 5.69. The van der Waals surface area contributed by atoms with Crippen molar-refractivity contribution in [3.8, 4) is 0 Å². The van der Waals surface area contributed by atoms with Gasteiger partial charge in [-0.25, -0.2) is 0 Å². The minimum Gasteiger partial charge on any atom is -0.480 e. The van der Waals surface area contributed by atoms with Crippen molar-refractivity contribution >= 4 is 11.9 Å². The topological polar surface area (TPSA) is 110 Å². The van der Waals surface area contributed by atoms with E-state index in [1.807, 2.05) is 0 Å². The maximum atomic E-state index is 10.9. The van der Waals surface area contributed by atoms with Crippen LogP contribution in [-0.2, 0) is 9.59 Å². The first-order valence-electron chi connectivity index (χ1n) is 6.67. The highest BCUT2D eigenvalue weighted by Gasteiger charge is 2.40. The fraction of sp³-hybridized carbons (Fsp3) is 0.692. The van der Waals surface area contributed by atoms with Crippen LogP contribution in [0.4, 0.5) is 0 Å². The summed E-state index contributed by atoms with van der Waals surface area (Å²) in [6.07, 6.45) is 0.417. The fourth-order valence-electron chi connectivity index (χ4n) is 2.66. The normalized spacial score (nSPS) is 25.0. The molecule has 0 aromatic heterocycles. The number of rotatable bonds is 7. The molecule has 1 saturated heterocycles. The number of hydrogen-bond acceptors (Lipinski definition) is 6. The van der Waals surface area contributed by atoms with Gasteiger partial charge < -0.3 is 15.9 Å². The minimum absolute atomic E-state index is 0.152. The van der Waals surface area contributed by atoms with E-state index in [1.165, 1.54) is 9.80 Å². The first-order valence-corrected chi connectivity index (χ1v) is 6.67. The van der Waals surface area contributed by atoms with Crippen LogP contribution in [-0.4, -0.2) is 88.2 Å². The molecule has 1 unspecified atom stereocenters. The molecule has 1 fully saturated rings. The number of aliphatic carboxylic acids is 2. The molecule has 1 atom stereocenters. The summed E-state index contributed by atoms with van der Waals surface area (Å²) in [5.74, 6) is -2.02. The van der Waals surface area contributed by atoms with Crippen LogP contribution in [0.1, 0.15) is 6.42 Å². The molecule has 0 spiro atoms. The molecule has 8 nitrogen and oxygen atoms in total. The summed E-state index contributed by atoms with van der Waals surface area (Å²) in [4.78, 5) is 26.3. The number of nitrogens with two attached hydrogens (primary N) is 1. The zero-order valence-electron chi connectivity index (χ0n) is 11.9.